The number of esters is 1. The molecule has 0 bridgehead atoms. The Kier molecular flexibility index (Phi) is 5.04. The van der Waals surface area contributed by atoms with E-state index >= 15 is 0 Å². The number of carbonyl (C=O) groups is 1. The van der Waals surface area contributed by atoms with Crippen LogP contribution < -0.4 is 9.47 Å². The van der Waals surface area contributed by atoms with Gasteiger partial charge in [0.1, 0.15) is 11.6 Å². The summed E-state index contributed by atoms with van der Waals surface area (Å²) in [6, 6.07) is 7.31. The van der Waals surface area contributed by atoms with Crippen molar-refractivity contribution in [3.63, 3.8) is 0 Å². The third kappa shape index (κ3) is 3.66. The van der Waals surface area contributed by atoms with Crippen LogP contribution in [-0.2, 0) is 11.3 Å². The molecular weight excluding hydrogens is 342 g/mol. The van der Waals surface area contributed by atoms with Gasteiger partial charge in [0, 0.05) is 16.5 Å². The number of ether oxygens (including phenoxy) is 3. The zero-order chi connectivity index (χ0) is 17.8. The van der Waals surface area contributed by atoms with Crippen LogP contribution in [0.25, 0.3) is 10.6 Å². The van der Waals surface area contributed by atoms with Crippen molar-refractivity contribution >= 4 is 17.3 Å². The molecule has 1 aromatic carbocycles. The average Bonchev–Trinajstić information content (AvgIpc) is 3.28. The Labute approximate surface area is 149 Å². The molecule has 7 heteroatoms. The Hall–Kier alpha value is -2.80. The van der Waals surface area contributed by atoms with Gasteiger partial charge in [-0.2, -0.15) is 0 Å². The molecule has 0 aliphatic rings. The molecule has 0 amide bonds. The maximum absolute atomic E-state index is 12.0. The number of benzene rings is 1. The van der Waals surface area contributed by atoms with E-state index in [1.165, 1.54) is 17.6 Å². The topological polar surface area (TPSA) is 70.8 Å². The van der Waals surface area contributed by atoms with E-state index in [0.29, 0.717) is 17.2 Å². The zero-order valence-corrected chi connectivity index (χ0v) is 14.9. The molecule has 0 unspecified atom stereocenters. The van der Waals surface area contributed by atoms with Crippen LogP contribution in [-0.4, -0.2) is 25.2 Å². The SMILES string of the molecule is COc1ccc(-c2nc(COC(=O)c3occc3C)cs2)cc1OC. The van der Waals surface area contributed by atoms with Crippen LogP contribution >= 0.6 is 11.3 Å². The van der Waals surface area contributed by atoms with Crippen molar-refractivity contribution in [1.82, 2.24) is 4.98 Å². The summed E-state index contributed by atoms with van der Waals surface area (Å²) in [6.07, 6.45) is 1.46. The molecule has 0 radical (unpaired) electrons. The first-order valence-corrected chi connectivity index (χ1v) is 8.38. The molecule has 0 spiro atoms. The molecule has 2 aromatic heterocycles. The second-order valence-corrected chi connectivity index (χ2v) is 6.08. The van der Waals surface area contributed by atoms with Crippen LogP contribution in [0.15, 0.2) is 40.3 Å². The van der Waals surface area contributed by atoms with Crippen molar-refractivity contribution in [2.24, 2.45) is 0 Å². The fourth-order valence-corrected chi connectivity index (χ4v) is 3.06. The second-order valence-electron chi connectivity index (χ2n) is 5.22. The van der Waals surface area contributed by atoms with Gasteiger partial charge >= 0.3 is 5.97 Å². The molecule has 3 aromatic rings. The summed E-state index contributed by atoms with van der Waals surface area (Å²) >= 11 is 1.47. The van der Waals surface area contributed by atoms with Gasteiger partial charge in [0.15, 0.2) is 11.5 Å². The van der Waals surface area contributed by atoms with Gasteiger partial charge in [0.2, 0.25) is 5.76 Å². The fourth-order valence-electron chi connectivity index (χ4n) is 2.26. The summed E-state index contributed by atoms with van der Waals surface area (Å²) in [6.45, 7) is 1.88. The summed E-state index contributed by atoms with van der Waals surface area (Å²) in [4.78, 5) is 16.5. The number of aromatic nitrogens is 1. The van der Waals surface area contributed by atoms with Crippen molar-refractivity contribution in [2.45, 2.75) is 13.5 Å². The van der Waals surface area contributed by atoms with Gasteiger partial charge in [0.25, 0.3) is 0 Å². The van der Waals surface area contributed by atoms with Crippen LogP contribution in [0, 0.1) is 6.92 Å². The quantitative estimate of drug-likeness (QED) is 0.618. The minimum atomic E-state index is -0.497. The Balaban J connectivity index is 1.70. The van der Waals surface area contributed by atoms with E-state index < -0.39 is 5.97 Å². The van der Waals surface area contributed by atoms with E-state index in [-0.39, 0.29) is 12.4 Å². The maximum atomic E-state index is 12.0. The zero-order valence-electron chi connectivity index (χ0n) is 14.1. The number of hydrogen-bond donors (Lipinski definition) is 0. The minimum absolute atomic E-state index is 0.0861. The Morgan fingerprint density at radius 3 is 2.68 bits per heavy atom. The largest absolute Gasteiger partial charge is 0.493 e. The predicted molar refractivity (Wildman–Crippen MR) is 93.2 cm³/mol. The van der Waals surface area contributed by atoms with Crippen LogP contribution in [0.4, 0.5) is 0 Å². The summed E-state index contributed by atoms with van der Waals surface area (Å²) in [5, 5.41) is 2.66. The molecule has 2 heterocycles. The lowest BCUT2D eigenvalue weighted by Gasteiger charge is -2.08. The minimum Gasteiger partial charge on any atom is -0.493 e. The molecule has 0 aliphatic heterocycles. The van der Waals surface area contributed by atoms with E-state index in [4.69, 9.17) is 18.6 Å². The van der Waals surface area contributed by atoms with Gasteiger partial charge in [-0.1, -0.05) is 0 Å². The third-order valence-corrected chi connectivity index (χ3v) is 4.52. The van der Waals surface area contributed by atoms with Gasteiger partial charge in [0.05, 0.1) is 26.2 Å². The predicted octanol–water partition coefficient (Wildman–Crippen LogP) is 4.09. The Morgan fingerprint density at radius 1 is 1.20 bits per heavy atom. The molecule has 25 heavy (non-hydrogen) atoms. The maximum Gasteiger partial charge on any atom is 0.374 e. The van der Waals surface area contributed by atoms with Crippen molar-refractivity contribution in [1.29, 1.82) is 0 Å². The molecular formula is C18H17NO5S. The standard InChI is InChI=1S/C18H17NO5S/c1-11-6-7-23-16(11)18(20)24-9-13-10-25-17(19-13)12-4-5-14(21-2)15(8-12)22-3/h4-8,10H,9H2,1-3H3. The number of rotatable bonds is 6. The van der Waals surface area contributed by atoms with E-state index in [2.05, 4.69) is 4.98 Å². The van der Waals surface area contributed by atoms with Crippen LogP contribution in [0.5, 0.6) is 11.5 Å². The first-order valence-electron chi connectivity index (χ1n) is 7.50. The third-order valence-electron chi connectivity index (χ3n) is 3.58. The average molecular weight is 359 g/mol. The summed E-state index contributed by atoms with van der Waals surface area (Å²) in [5.41, 5.74) is 2.32. The number of aryl methyl sites for hydroxylation is 1. The lowest BCUT2D eigenvalue weighted by Crippen LogP contribution is -2.05. The van der Waals surface area contributed by atoms with Crippen LogP contribution in [0.3, 0.4) is 0 Å². The number of nitrogens with zero attached hydrogens (tertiary/aromatic N) is 1. The number of furan rings is 1. The number of hydrogen-bond acceptors (Lipinski definition) is 7. The highest BCUT2D eigenvalue weighted by molar-refractivity contribution is 7.13. The smallest absolute Gasteiger partial charge is 0.374 e. The van der Waals surface area contributed by atoms with Crippen molar-refractivity contribution in [3.8, 4) is 22.1 Å². The highest BCUT2D eigenvalue weighted by atomic mass is 32.1. The highest BCUT2D eigenvalue weighted by Gasteiger charge is 2.15. The van der Waals surface area contributed by atoms with Crippen molar-refractivity contribution < 1.29 is 23.4 Å². The molecule has 0 fully saturated rings. The lowest BCUT2D eigenvalue weighted by molar-refractivity contribution is 0.0431. The molecule has 3 rings (SSSR count). The second kappa shape index (κ2) is 7.40. The Bertz CT molecular complexity index is 883. The molecule has 130 valence electrons. The van der Waals surface area contributed by atoms with Crippen LogP contribution in [0.1, 0.15) is 21.8 Å². The highest BCUT2D eigenvalue weighted by Crippen LogP contribution is 2.33. The van der Waals surface area contributed by atoms with Crippen molar-refractivity contribution in [3.05, 3.63) is 52.9 Å². The molecule has 6 nitrogen and oxygen atoms in total. The van der Waals surface area contributed by atoms with E-state index in [0.717, 1.165) is 16.1 Å². The normalized spacial score (nSPS) is 10.5. The molecule has 0 atom stereocenters. The van der Waals surface area contributed by atoms with Gasteiger partial charge in [-0.25, -0.2) is 9.78 Å². The van der Waals surface area contributed by atoms with Crippen molar-refractivity contribution in [2.75, 3.05) is 14.2 Å². The first-order chi connectivity index (χ1) is 12.1. The molecule has 0 aliphatic carbocycles. The van der Waals surface area contributed by atoms with E-state index in [1.807, 2.05) is 23.6 Å². The van der Waals surface area contributed by atoms with Gasteiger partial charge in [-0.15, -0.1) is 11.3 Å². The number of methoxy groups -OCH3 is 2. The number of carbonyl (C=O) groups excluding carboxylic acids is 1. The van der Waals surface area contributed by atoms with E-state index in [1.54, 1.807) is 27.2 Å². The van der Waals surface area contributed by atoms with Gasteiger partial charge in [-0.05, 0) is 31.2 Å². The first kappa shape index (κ1) is 17.0. The van der Waals surface area contributed by atoms with Gasteiger partial charge < -0.3 is 18.6 Å². The summed E-state index contributed by atoms with van der Waals surface area (Å²) < 4.78 is 20.9. The Morgan fingerprint density at radius 2 is 2.00 bits per heavy atom. The van der Waals surface area contributed by atoms with Crippen LogP contribution in [0.2, 0.25) is 0 Å². The van der Waals surface area contributed by atoms with E-state index in [9.17, 15) is 4.79 Å². The van der Waals surface area contributed by atoms with Gasteiger partial charge in [-0.3, -0.25) is 0 Å². The monoisotopic (exact) mass is 359 g/mol. The molecule has 0 saturated carbocycles. The number of thiazole rings is 1. The molecule has 0 saturated heterocycles. The molecule has 0 N–H and O–H groups in total. The summed E-state index contributed by atoms with van der Waals surface area (Å²) in [5.74, 6) is 1.01. The summed E-state index contributed by atoms with van der Waals surface area (Å²) in [7, 11) is 3.18. The fraction of sp³-hybridized carbons (Fsp3) is 0.222. The lowest BCUT2D eigenvalue weighted by atomic mass is 10.2.